The average Bonchev–Trinajstić information content (AvgIpc) is 2.84. The Morgan fingerprint density at radius 3 is 2.50 bits per heavy atom. The predicted octanol–water partition coefficient (Wildman–Crippen LogP) is 4.77. The van der Waals surface area contributed by atoms with Crippen LogP contribution in [0.2, 0.25) is 0 Å². The maximum Gasteiger partial charge on any atom is 0.417 e. The number of aromatic nitrogens is 3. The Morgan fingerprint density at radius 2 is 1.82 bits per heavy atom. The first-order valence-electron chi connectivity index (χ1n) is 10.9. The molecule has 1 aliphatic carbocycles. The summed E-state index contributed by atoms with van der Waals surface area (Å²) in [6.45, 7) is 0.452. The van der Waals surface area contributed by atoms with E-state index in [1.807, 2.05) is 0 Å². The lowest BCUT2D eigenvalue weighted by molar-refractivity contribution is -0.137. The molecule has 1 aromatic carbocycles. The second-order valence-corrected chi connectivity index (χ2v) is 8.48. The molecule has 10 heteroatoms. The monoisotopic (exact) mass is 472 g/mol. The van der Waals surface area contributed by atoms with Crippen molar-refractivity contribution in [3.05, 3.63) is 71.9 Å². The predicted molar refractivity (Wildman–Crippen MR) is 113 cm³/mol. The summed E-state index contributed by atoms with van der Waals surface area (Å²) in [5.74, 6) is -0.713. The molecule has 3 unspecified atom stereocenters. The van der Waals surface area contributed by atoms with Gasteiger partial charge in [-0.05, 0) is 43.4 Å². The number of benzene rings is 1. The lowest BCUT2D eigenvalue weighted by Crippen LogP contribution is -2.59. The molecule has 3 aromatic rings. The fourth-order valence-corrected chi connectivity index (χ4v) is 4.77. The van der Waals surface area contributed by atoms with Gasteiger partial charge in [0, 0.05) is 36.8 Å². The number of alkyl halides is 3. The molecule has 1 amide bonds. The Hall–Kier alpha value is -3.56. The molecule has 1 saturated carbocycles. The van der Waals surface area contributed by atoms with Crippen molar-refractivity contribution in [2.24, 2.45) is 5.92 Å². The molecule has 2 saturated heterocycles. The highest BCUT2D eigenvalue weighted by molar-refractivity contribution is 6.00. The van der Waals surface area contributed by atoms with Crippen molar-refractivity contribution < 1.29 is 27.1 Å². The maximum atomic E-state index is 14.9. The minimum absolute atomic E-state index is 0.0576. The van der Waals surface area contributed by atoms with Gasteiger partial charge in [-0.3, -0.25) is 4.79 Å². The first-order chi connectivity index (χ1) is 16.3. The van der Waals surface area contributed by atoms with Gasteiger partial charge in [-0.25, -0.2) is 19.3 Å². The largest absolute Gasteiger partial charge is 0.472 e. The van der Waals surface area contributed by atoms with Crippen LogP contribution >= 0.6 is 0 Å². The summed E-state index contributed by atoms with van der Waals surface area (Å²) in [4.78, 5) is 27.3. The number of carbonyl (C=O) groups excluding carboxylic acids is 1. The number of ether oxygens (including phenoxy) is 1. The number of fused-ring (bicyclic) bond motifs is 3. The number of piperidine rings is 2. The number of pyridine rings is 1. The maximum absolute atomic E-state index is 14.9. The lowest BCUT2D eigenvalue weighted by atomic mass is 9.77. The normalized spacial score (nSPS) is 22.0. The van der Waals surface area contributed by atoms with Gasteiger partial charge in [-0.1, -0.05) is 12.1 Å². The average molecular weight is 472 g/mol. The molecule has 6 rings (SSSR count). The number of rotatable bonds is 4. The molecule has 2 aliphatic heterocycles. The van der Waals surface area contributed by atoms with Crippen molar-refractivity contribution >= 4 is 5.91 Å². The molecule has 6 nitrogen and oxygen atoms in total. The smallest absolute Gasteiger partial charge is 0.417 e. The van der Waals surface area contributed by atoms with E-state index < -0.39 is 29.6 Å². The zero-order valence-electron chi connectivity index (χ0n) is 17.9. The van der Waals surface area contributed by atoms with Crippen molar-refractivity contribution in [1.29, 1.82) is 0 Å². The van der Waals surface area contributed by atoms with Crippen LogP contribution in [0.4, 0.5) is 17.6 Å². The third-order valence-electron chi connectivity index (χ3n) is 6.35. The van der Waals surface area contributed by atoms with Gasteiger partial charge in [-0.2, -0.15) is 13.2 Å². The zero-order valence-corrected chi connectivity index (χ0v) is 17.9. The molecular weight excluding hydrogens is 452 g/mol. The molecule has 34 heavy (non-hydrogen) atoms. The Kier molecular flexibility index (Phi) is 5.66. The molecule has 0 N–H and O–H groups in total. The number of nitrogens with zero attached hydrogens (tertiary/aromatic N) is 4. The number of halogens is 4. The molecule has 176 valence electrons. The van der Waals surface area contributed by atoms with Gasteiger partial charge in [0.15, 0.2) is 5.82 Å². The van der Waals surface area contributed by atoms with E-state index in [1.165, 1.54) is 30.6 Å². The van der Waals surface area contributed by atoms with Gasteiger partial charge in [0.05, 0.1) is 17.2 Å². The molecule has 4 heterocycles. The van der Waals surface area contributed by atoms with Crippen LogP contribution in [-0.2, 0) is 6.18 Å². The first kappa shape index (κ1) is 22.2. The van der Waals surface area contributed by atoms with E-state index in [0.717, 1.165) is 18.7 Å². The van der Waals surface area contributed by atoms with Crippen LogP contribution in [0, 0.1) is 11.7 Å². The van der Waals surface area contributed by atoms with Crippen LogP contribution in [-0.4, -0.2) is 44.4 Å². The first-order valence-corrected chi connectivity index (χ1v) is 10.9. The van der Waals surface area contributed by atoms with Gasteiger partial charge in [0.2, 0.25) is 5.88 Å². The highest BCUT2D eigenvalue weighted by atomic mass is 19.4. The van der Waals surface area contributed by atoms with Crippen LogP contribution in [0.25, 0.3) is 11.4 Å². The summed E-state index contributed by atoms with van der Waals surface area (Å²) in [6, 6.07) is 7.70. The van der Waals surface area contributed by atoms with E-state index >= 15 is 0 Å². The van der Waals surface area contributed by atoms with Crippen LogP contribution in [0.15, 0.2) is 55.0 Å². The minimum atomic E-state index is -4.49. The van der Waals surface area contributed by atoms with Crippen LogP contribution < -0.4 is 4.74 Å². The lowest BCUT2D eigenvalue weighted by Gasteiger charge is -2.49. The van der Waals surface area contributed by atoms with Crippen molar-refractivity contribution in [3.8, 4) is 17.3 Å². The third-order valence-corrected chi connectivity index (χ3v) is 6.35. The number of hydrogen-bond acceptors (Lipinski definition) is 5. The highest BCUT2D eigenvalue weighted by Gasteiger charge is 2.45. The highest BCUT2D eigenvalue weighted by Crippen LogP contribution is 2.39. The summed E-state index contributed by atoms with van der Waals surface area (Å²) < 4.78 is 59.3. The van der Waals surface area contributed by atoms with Crippen LogP contribution in [0.1, 0.15) is 35.2 Å². The van der Waals surface area contributed by atoms with E-state index in [4.69, 9.17) is 4.74 Å². The molecule has 2 aromatic heterocycles. The Labute approximate surface area is 192 Å². The molecule has 3 atom stereocenters. The number of carbonyl (C=O) groups is 1. The molecule has 0 radical (unpaired) electrons. The van der Waals surface area contributed by atoms with Crippen molar-refractivity contribution in [2.75, 3.05) is 6.54 Å². The quantitative estimate of drug-likeness (QED) is 0.512. The Balaban J connectivity index is 1.41. The summed E-state index contributed by atoms with van der Waals surface area (Å²) >= 11 is 0. The molecule has 3 aliphatic rings. The van der Waals surface area contributed by atoms with E-state index in [9.17, 15) is 22.4 Å². The second-order valence-electron chi connectivity index (χ2n) is 8.48. The Morgan fingerprint density at radius 1 is 1.03 bits per heavy atom. The van der Waals surface area contributed by atoms with Crippen LogP contribution in [0.3, 0.4) is 0 Å². The van der Waals surface area contributed by atoms with E-state index in [1.54, 1.807) is 17.0 Å². The molecule has 2 bridgehead atoms. The fraction of sp³-hybridized carbons (Fsp3) is 0.333. The van der Waals surface area contributed by atoms with Crippen molar-refractivity contribution in [2.45, 2.75) is 37.6 Å². The van der Waals surface area contributed by atoms with Gasteiger partial charge >= 0.3 is 6.18 Å². The molecule has 3 fully saturated rings. The van der Waals surface area contributed by atoms with Gasteiger partial charge in [0.25, 0.3) is 5.91 Å². The number of hydrogen-bond donors (Lipinski definition) is 0. The van der Waals surface area contributed by atoms with E-state index in [2.05, 4.69) is 15.0 Å². The van der Waals surface area contributed by atoms with Crippen molar-refractivity contribution in [3.63, 3.8) is 0 Å². The van der Waals surface area contributed by atoms with Gasteiger partial charge < -0.3 is 9.64 Å². The zero-order chi connectivity index (χ0) is 23.9. The van der Waals surface area contributed by atoms with Crippen LogP contribution in [0.5, 0.6) is 5.88 Å². The Bertz CT molecular complexity index is 1190. The third kappa shape index (κ3) is 4.20. The SMILES string of the molecule is O=C(c1c(F)cccc1-c1ncccn1)N1CC2CCC1C(Oc1ccc(C(F)(F)F)cn1)C2. The minimum Gasteiger partial charge on any atom is -0.472 e. The van der Waals surface area contributed by atoms with Crippen molar-refractivity contribution in [1.82, 2.24) is 19.9 Å². The standard InChI is InChI=1S/C24H20F4N4O2/c25-17-4-1-3-16(22-29-9-2-10-30-22)21(17)23(33)32-13-14-5-7-18(32)19(11-14)34-20-8-6-15(12-31-20)24(26,27)28/h1-4,6,8-10,12,14,18-19H,5,7,11,13H2. The molecule has 0 spiro atoms. The summed E-state index contributed by atoms with van der Waals surface area (Å²) in [5, 5.41) is 0. The fourth-order valence-electron chi connectivity index (χ4n) is 4.77. The van der Waals surface area contributed by atoms with Gasteiger partial charge in [-0.15, -0.1) is 0 Å². The van der Waals surface area contributed by atoms with Gasteiger partial charge in [0.1, 0.15) is 11.9 Å². The van der Waals surface area contributed by atoms with E-state index in [-0.39, 0.29) is 29.2 Å². The second kappa shape index (κ2) is 8.66. The molecular formula is C24H20F4N4O2. The summed E-state index contributed by atoms with van der Waals surface area (Å²) in [5.41, 5.74) is -0.668. The number of amides is 1. The topological polar surface area (TPSA) is 68.2 Å². The summed E-state index contributed by atoms with van der Waals surface area (Å²) in [7, 11) is 0. The summed E-state index contributed by atoms with van der Waals surface area (Å²) in [6.07, 6.45) is 1.00. The van der Waals surface area contributed by atoms with E-state index in [0.29, 0.717) is 24.9 Å².